The fraction of sp³-hybridized carbons (Fsp3) is 0.632. The Labute approximate surface area is 144 Å². The Kier molecular flexibility index (Phi) is 6.10. The zero-order chi connectivity index (χ0) is 16.8. The minimum Gasteiger partial charge on any atom is -0.445 e. The first-order valence-corrected chi connectivity index (χ1v) is 9.16. The predicted molar refractivity (Wildman–Crippen MR) is 94.6 cm³/mol. The Hall–Kier alpha value is -1.59. The molecule has 3 rings (SSSR count). The van der Waals surface area contributed by atoms with Crippen LogP contribution in [0.2, 0.25) is 0 Å². The topological polar surface area (TPSA) is 58.8 Å². The van der Waals surface area contributed by atoms with E-state index in [9.17, 15) is 4.79 Å². The minimum absolute atomic E-state index is 0.180. The van der Waals surface area contributed by atoms with Gasteiger partial charge in [-0.3, -0.25) is 4.90 Å². The molecule has 1 heterocycles. The van der Waals surface area contributed by atoms with E-state index in [1.807, 2.05) is 35.2 Å². The number of hydrogen-bond acceptors (Lipinski definition) is 4. The lowest BCUT2D eigenvalue weighted by atomic mass is 9.97. The number of nitrogens with zero attached hydrogens (tertiary/aromatic N) is 2. The van der Waals surface area contributed by atoms with Crippen molar-refractivity contribution in [1.29, 1.82) is 0 Å². The third kappa shape index (κ3) is 4.95. The first-order valence-electron chi connectivity index (χ1n) is 9.16. The van der Waals surface area contributed by atoms with Crippen LogP contribution in [0.3, 0.4) is 0 Å². The standard InChI is InChI=1S/C19H29N3O2/c20-10-12-21(18-8-9-18)13-17-7-4-11-22(14-17)19(23)24-15-16-5-2-1-3-6-16/h1-3,5-6,17-18H,4,7-15,20H2. The third-order valence-corrected chi connectivity index (χ3v) is 4.95. The second kappa shape index (κ2) is 8.49. The minimum atomic E-state index is -0.180. The maximum Gasteiger partial charge on any atom is 0.410 e. The summed E-state index contributed by atoms with van der Waals surface area (Å²) in [6.07, 6.45) is 4.67. The smallest absolute Gasteiger partial charge is 0.410 e. The van der Waals surface area contributed by atoms with Crippen molar-refractivity contribution in [3.63, 3.8) is 0 Å². The molecule has 1 aliphatic heterocycles. The highest BCUT2D eigenvalue weighted by molar-refractivity contribution is 5.67. The largest absolute Gasteiger partial charge is 0.445 e. The van der Waals surface area contributed by atoms with Gasteiger partial charge in [0, 0.05) is 38.8 Å². The van der Waals surface area contributed by atoms with Gasteiger partial charge in [-0.05, 0) is 37.2 Å². The summed E-state index contributed by atoms with van der Waals surface area (Å²) in [6, 6.07) is 10.6. The molecule has 0 bridgehead atoms. The summed E-state index contributed by atoms with van der Waals surface area (Å²) in [5.41, 5.74) is 6.77. The fourth-order valence-corrected chi connectivity index (χ4v) is 3.55. The number of likely N-dealkylation sites (tertiary alicyclic amines) is 1. The molecule has 1 saturated heterocycles. The van der Waals surface area contributed by atoms with Crippen LogP contribution in [0.15, 0.2) is 30.3 Å². The Bertz CT molecular complexity index is 519. The zero-order valence-corrected chi connectivity index (χ0v) is 14.4. The van der Waals surface area contributed by atoms with Crippen LogP contribution < -0.4 is 5.73 Å². The lowest BCUT2D eigenvalue weighted by molar-refractivity contribution is 0.0718. The molecule has 1 saturated carbocycles. The molecule has 1 aromatic rings. The maximum absolute atomic E-state index is 12.3. The van der Waals surface area contributed by atoms with Gasteiger partial charge in [0.1, 0.15) is 6.61 Å². The number of nitrogens with two attached hydrogens (primary N) is 1. The lowest BCUT2D eigenvalue weighted by Gasteiger charge is -2.35. The van der Waals surface area contributed by atoms with Gasteiger partial charge >= 0.3 is 6.09 Å². The number of benzene rings is 1. The first-order chi connectivity index (χ1) is 11.8. The van der Waals surface area contributed by atoms with Gasteiger partial charge in [-0.1, -0.05) is 30.3 Å². The maximum atomic E-state index is 12.3. The van der Waals surface area contributed by atoms with Crippen molar-refractivity contribution in [1.82, 2.24) is 9.80 Å². The summed E-state index contributed by atoms with van der Waals surface area (Å²) in [6.45, 7) is 4.71. The molecule has 5 heteroatoms. The Morgan fingerprint density at radius 2 is 2.04 bits per heavy atom. The van der Waals surface area contributed by atoms with E-state index >= 15 is 0 Å². The number of hydrogen-bond donors (Lipinski definition) is 1. The van der Waals surface area contributed by atoms with Crippen LogP contribution in [0, 0.1) is 5.92 Å². The van der Waals surface area contributed by atoms with Crippen LogP contribution in [0.4, 0.5) is 4.79 Å². The highest BCUT2D eigenvalue weighted by Crippen LogP contribution is 2.29. The van der Waals surface area contributed by atoms with Crippen LogP contribution in [0.5, 0.6) is 0 Å². The van der Waals surface area contributed by atoms with Crippen LogP contribution in [0.1, 0.15) is 31.2 Å². The molecule has 2 fully saturated rings. The molecule has 1 aliphatic carbocycles. The fourth-order valence-electron chi connectivity index (χ4n) is 3.55. The van der Waals surface area contributed by atoms with E-state index in [0.29, 0.717) is 19.1 Å². The highest BCUT2D eigenvalue weighted by atomic mass is 16.6. The number of piperidine rings is 1. The third-order valence-electron chi connectivity index (χ3n) is 4.95. The van der Waals surface area contributed by atoms with Crippen LogP contribution >= 0.6 is 0 Å². The molecular weight excluding hydrogens is 302 g/mol. The van der Waals surface area contributed by atoms with Gasteiger partial charge in [0.2, 0.25) is 0 Å². The second-order valence-corrected chi connectivity index (χ2v) is 7.01. The molecule has 24 heavy (non-hydrogen) atoms. The van der Waals surface area contributed by atoms with E-state index in [1.165, 1.54) is 19.3 Å². The van der Waals surface area contributed by atoms with E-state index in [4.69, 9.17) is 10.5 Å². The molecule has 2 N–H and O–H groups in total. The van der Waals surface area contributed by atoms with Crippen molar-refractivity contribution in [2.45, 2.75) is 38.3 Å². The van der Waals surface area contributed by atoms with Gasteiger partial charge in [0.15, 0.2) is 0 Å². The normalized spacial score (nSPS) is 21.1. The molecule has 1 amide bonds. The summed E-state index contributed by atoms with van der Waals surface area (Å²) < 4.78 is 5.48. The van der Waals surface area contributed by atoms with E-state index in [1.54, 1.807) is 0 Å². The zero-order valence-electron chi connectivity index (χ0n) is 14.4. The summed E-state index contributed by atoms with van der Waals surface area (Å²) in [5.74, 6) is 0.537. The number of carbonyl (C=O) groups is 1. The predicted octanol–water partition coefficient (Wildman–Crippen LogP) is 2.46. The van der Waals surface area contributed by atoms with Crippen LogP contribution in [-0.4, -0.2) is 54.7 Å². The molecule has 1 atom stereocenters. The van der Waals surface area contributed by atoms with Crippen molar-refractivity contribution >= 4 is 6.09 Å². The number of ether oxygens (including phenoxy) is 1. The molecule has 132 valence electrons. The molecule has 0 radical (unpaired) electrons. The van der Waals surface area contributed by atoms with E-state index in [-0.39, 0.29) is 6.09 Å². The lowest BCUT2D eigenvalue weighted by Crippen LogP contribution is -2.45. The Morgan fingerprint density at radius 1 is 1.25 bits per heavy atom. The number of rotatable bonds is 7. The van der Waals surface area contributed by atoms with E-state index in [0.717, 1.165) is 44.2 Å². The van der Waals surface area contributed by atoms with Crippen molar-refractivity contribution in [3.8, 4) is 0 Å². The molecular formula is C19H29N3O2. The second-order valence-electron chi connectivity index (χ2n) is 7.01. The van der Waals surface area contributed by atoms with Gasteiger partial charge in [0.25, 0.3) is 0 Å². The van der Waals surface area contributed by atoms with Gasteiger partial charge < -0.3 is 15.4 Å². The molecule has 5 nitrogen and oxygen atoms in total. The Balaban J connectivity index is 1.46. The summed E-state index contributed by atoms with van der Waals surface area (Å²) >= 11 is 0. The summed E-state index contributed by atoms with van der Waals surface area (Å²) in [7, 11) is 0. The highest BCUT2D eigenvalue weighted by Gasteiger charge is 2.32. The molecule has 1 aromatic carbocycles. The van der Waals surface area contributed by atoms with Gasteiger partial charge in [-0.25, -0.2) is 4.79 Å². The molecule has 0 spiro atoms. The molecule has 2 aliphatic rings. The van der Waals surface area contributed by atoms with Crippen LogP contribution in [-0.2, 0) is 11.3 Å². The monoisotopic (exact) mass is 331 g/mol. The van der Waals surface area contributed by atoms with Crippen molar-refractivity contribution < 1.29 is 9.53 Å². The van der Waals surface area contributed by atoms with E-state index < -0.39 is 0 Å². The number of amides is 1. The number of carbonyl (C=O) groups excluding carboxylic acids is 1. The first kappa shape index (κ1) is 17.2. The van der Waals surface area contributed by atoms with Gasteiger partial charge in [0.05, 0.1) is 0 Å². The van der Waals surface area contributed by atoms with E-state index in [2.05, 4.69) is 4.90 Å². The van der Waals surface area contributed by atoms with Gasteiger partial charge in [-0.15, -0.1) is 0 Å². The average molecular weight is 331 g/mol. The van der Waals surface area contributed by atoms with Crippen molar-refractivity contribution in [2.75, 3.05) is 32.7 Å². The molecule has 1 unspecified atom stereocenters. The van der Waals surface area contributed by atoms with Crippen molar-refractivity contribution in [3.05, 3.63) is 35.9 Å². The van der Waals surface area contributed by atoms with Gasteiger partial charge in [-0.2, -0.15) is 0 Å². The average Bonchev–Trinajstić information content (AvgIpc) is 3.45. The summed E-state index contributed by atoms with van der Waals surface area (Å²) in [5, 5.41) is 0. The van der Waals surface area contributed by atoms with Crippen molar-refractivity contribution in [2.24, 2.45) is 11.7 Å². The SMILES string of the molecule is NCCN(CC1CCCN(C(=O)OCc2ccccc2)C1)C1CC1. The molecule has 0 aromatic heterocycles. The quantitative estimate of drug-likeness (QED) is 0.834. The Morgan fingerprint density at radius 3 is 2.75 bits per heavy atom. The summed E-state index contributed by atoms with van der Waals surface area (Å²) in [4.78, 5) is 16.7. The van der Waals surface area contributed by atoms with Crippen LogP contribution in [0.25, 0.3) is 0 Å².